The second kappa shape index (κ2) is 17.9. The third-order valence-electron chi connectivity index (χ3n) is 5.45. The molecule has 0 aromatic rings. The van der Waals surface area contributed by atoms with E-state index >= 15 is 0 Å². The van der Waals surface area contributed by atoms with Crippen LogP contribution in [-0.2, 0) is 9.47 Å². The fraction of sp³-hybridized carbons (Fsp3) is 0.769. The minimum Gasteiger partial charge on any atom is -0.396 e. The van der Waals surface area contributed by atoms with Crippen LogP contribution >= 0.6 is 0 Å². The number of aliphatic hydroxyl groups is 1. The van der Waals surface area contributed by atoms with Gasteiger partial charge in [-0.3, -0.25) is 0 Å². The number of allylic oxidation sites excluding steroid dienone is 6. The molecule has 1 aliphatic rings. The second-order valence-corrected chi connectivity index (χ2v) is 8.18. The fourth-order valence-electron chi connectivity index (χ4n) is 3.86. The van der Waals surface area contributed by atoms with E-state index in [0.717, 1.165) is 38.5 Å². The highest BCUT2D eigenvalue weighted by molar-refractivity contribution is 4.96. The standard InChI is InChI=1S/C26H46O3/c1-3-5-6-7-8-9-10-11-12-13-14-15-16-17-18-19-22-26(21-4-2)28-24-25(29-26)20-23-27/h5-6,8-9,11-12,25,27H,3-4,7,10,13-24H2,1-2H3/b6-5-,9-8-,12-11-. The van der Waals surface area contributed by atoms with Crippen LogP contribution in [0.2, 0.25) is 0 Å². The molecule has 1 saturated heterocycles. The van der Waals surface area contributed by atoms with Gasteiger partial charge < -0.3 is 14.6 Å². The molecule has 29 heavy (non-hydrogen) atoms. The zero-order chi connectivity index (χ0) is 21.0. The average Bonchev–Trinajstić information content (AvgIpc) is 3.11. The van der Waals surface area contributed by atoms with Gasteiger partial charge in [-0.15, -0.1) is 0 Å². The lowest BCUT2D eigenvalue weighted by Crippen LogP contribution is -2.31. The number of ether oxygens (including phenoxy) is 2. The summed E-state index contributed by atoms with van der Waals surface area (Å²) >= 11 is 0. The molecule has 0 spiro atoms. The molecule has 1 N–H and O–H groups in total. The van der Waals surface area contributed by atoms with Gasteiger partial charge in [0.15, 0.2) is 5.79 Å². The van der Waals surface area contributed by atoms with Gasteiger partial charge in [-0.05, 0) is 44.9 Å². The maximum Gasteiger partial charge on any atom is 0.168 e. The van der Waals surface area contributed by atoms with Gasteiger partial charge in [0.1, 0.15) is 0 Å². The Morgan fingerprint density at radius 1 is 0.828 bits per heavy atom. The van der Waals surface area contributed by atoms with E-state index in [1.165, 1.54) is 44.9 Å². The molecule has 0 aliphatic carbocycles. The van der Waals surface area contributed by atoms with Gasteiger partial charge in [0.25, 0.3) is 0 Å². The Balaban J connectivity index is 1.98. The van der Waals surface area contributed by atoms with Crippen molar-refractivity contribution in [2.75, 3.05) is 13.2 Å². The Hall–Kier alpha value is -0.900. The van der Waals surface area contributed by atoms with Gasteiger partial charge in [-0.2, -0.15) is 0 Å². The van der Waals surface area contributed by atoms with Crippen molar-refractivity contribution in [2.45, 2.75) is 116 Å². The summed E-state index contributed by atoms with van der Waals surface area (Å²) < 4.78 is 12.2. The Morgan fingerprint density at radius 3 is 2.17 bits per heavy atom. The Bertz CT molecular complexity index is 455. The Morgan fingerprint density at radius 2 is 1.48 bits per heavy atom. The average molecular weight is 407 g/mol. The summed E-state index contributed by atoms with van der Waals surface area (Å²) in [6.07, 6.45) is 29.5. The van der Waals surface area contributed by atoms with Gasteiger partial charge in [-0.25, -0.2) is 0 Å². The highest BCUT2D eigenvalue weighted by Crippen LogP contribution is 2.34. The SMILES string of the molecule is CC/C=C\C/C=C\C/C=C\CCCCCCCCC1(CCC)OCC(CCO)O1. The molecule has 3 heteroatoms. The van der Waals surface area contributed by atoms with Crippen molar-refractivity contribution in [1.82, 2.24) is 0 Å². The predicted octanol–water partition coefficient (Wildman–Crippen LogP) is 7.26. The van der Waals surface area contributed by atoms with Crippen molar-refractivity contribution in [3.63, 3.8) is 0 Å². The van der Waals surface area contributed by atoms with Crippen LogP contribution in [0.3, 0.4) is 0 Å². The molecule has 0 bridgehead atoms. The quantitative estimate of drug-likeness (QED) is 0.192. The largest absolute Gasteiger partial charge is 0.396 e. The van der Waals surface area contributed by atoms with Gasteiger partial charge >= 0.3 is 0 Å². The number of unbranched alkanes of at least 4 members (excludes halogenated alkanes) is 6. The van der Waals surface area contributed by atoms with E-state index in [2.05, 4.69) is 50.3 Å². The van der Waals surface area contributed by atoms with Crippen LogP contribution in [0.5, 0.6) is 0 Å². The van der Waals surface area contributed by atoms with Crippen molar-refractivity contribution < 1.29 is 14.6 Å². The molecular formula is C26H46O3. The lowest BCUT2D eigenvalue weighted by molar-refractivity contribution is -0.179. The van der Waals surface area contributed by atoms with Gasteiger partial charge in [0, 0.05) is 19.4 Å². The second-order valence-electron chi connectivity index (χ2n) is 8.18. The molecule has 1 rings (SSSR count). The lowest BCUT2D eigenvalue weighted by Gasteiger charge is -2.28. The molecular weight excluding hydrogens is 360 g/mol. The third kappa shape index (κ3) is 13.1. The van der Waals surface area contributed by atoms with Crippen molar-refractivity contribution in [2.24, 2.45) is 0 Å². The molecule has 2 unspecified atom stereocenters. The van der Waals surface area contributed by atoms with E-state index in [0.29, 0.717) is 13.0 Å². The maximum absolute atomic E-state index is 9.11. The first-order chi connectivity index (χ1) is 14.3. The summed E-state index contributed by atoms with van der Waals surface area (Å²) in [5, 5.41) is 9.11. The first-order valence-electron chi connectivity index (χ1n) is 12.1. The van der Waals surface area contributed by atoms with Crippen LogP contribution < -0.4 is 0 Å². The molecule has 168 valence electrons. The van der Waals surface area contributed by atoms with Crippen molar-refractivity contribution in [3.8, 4) is 0 Å². The van der Waals surface area contributed by atoms with Crippen LogP contribution in [0.25, 0.3) is 0 Å². The third-order valence-corrected chi connectivity index (χ3v) is 5.45. The monoisotopic (exact) mass is 406 g/mol. The minimum absolute atomic E-state index is 0.0768. The predicted molar refractivity (Wildman–Crippen MR) is 124 cm³/mol. The Labute approximate surface area is 180 Å². The zero-order valence-electron chi connectivity index (χ0n) is 19.1. The molecule has 0 radical (unpaired) electrons. The highest BCUT2D eigenvalue weighted by atomic mass is 16.7. The molecule has 2 atom stereocenters. The van der Waals surface area contributed by atoms with E-state index in [1.807, 2.05) is 0 Å². The fourth-order valence-corrected chi connectivity index (χ4v) is 3.86. The molecule has 0 saturated carbocycles. The number of hydrogen-bond acceptors (Lipinski definition) is 3. The van der Waals surface area contributed by atoms with E-state index in [-0.39, 0.29) is 18.5 Å². The topological polar surface area (TPSA) is 38.7 Å². The summed E-state index contributed by atoms with van der Waals surface area (Å²) in [7, 11) is 0. The van der Waals surface area contributed by atoms with Crippen LogP contribution in [0, 0.1) is 0 Å². The van der Waals surface area contributed by atoms with Crippen LogP contribution in [0.1, 0.15) is 104 Å². The molecule has 3 nitrogen and oxygen atoms in total. The molecule has 1 heterocycles. The number of hydrogen-bond donors (Lipinski definition) is 1. The summed E-state index contributed by atoms with van der Waals surface area (Å²) in [6, 6.07) is 0. The Kier molecular flexibility index (Phi) is 16.1. The maximum atomic E-state index is 9.11. The molecule has 1 fully saturated rings. The van der Waals surface area contributed by atoms with Crippen LogP contribution in [0.4, 0.5) is 0 Å². The van der Waals surface area contributed by atoms with E-state index < -0.39 is 0 Å². The normalized spacial score (nSPS) is 22.7. The van der Waals surface area contributed by atoms with E-state index in [1.54, 1.807) is 0 Å². The smallest absolute Gasteiger partial charge is 0.168 e. The summed E-state index contributed by atoms with van der Waals surface area (Å²) in [6.45, 7) is 5.17. The van der Waals surface area contributed by atoms with Crippen LogP contribution in [0.15, 0.2) is 36.5 Å². The first-order valence-corrected chi connectivity index (χ1v) is 12.1. The first kappa shape index (κ1) is 26.1. The molecule has 1 aliphatic heterocycles. The van der Waals surface area contributed by atoms with E-state index in [4.69, 9.17) is 14.6 Å². The number of aliphatic hydroxyl groups excluding tert-OH is 1. The van der Waals surface area contributed by atoms with Gasteiger partial charge in [0.2, 0.25) is 0 Å². The van der Waals surface area contributed by atoms with Crippen molar-refractivity contribution >= 4 is 0 Å². The van der Waals surface area contributed by atoms with Crippen LogP contribution in [-0.4, -0.2) is 30.2 Å². The molecule has 0 aromatic carbocycles. The summed E-state index contributed by atoms with van der Waals surface area (Å²) in [5.41, 5.74) is 0. The van der Waals surface area contributed by atoms with Crippen molar-refractivity contribution in [3.05, 3.63) is 36.5 Å². The highest BCUT2D eigenvalue weighted by Gasteiger charge is 2.39. The zero-order valence-corrected chi connectivity index (χ0v) is 19.1. The lowest BCUT2D eigenvalue weighted by atomic mass is 10.0. The summed E-state index contributed by atoms with van der Waals surface area (Å²) in [5.74, 6) is -0.375. The summed E-state index contributed by atoms with van der Waals surface area (Å²) in [4.78, 5) is 0. The van der Waals surface area contributed by atoms with Gasteiger partial charge in [-0.1, -0.05) is 82.4 Å². The minimum atomic E-state index is -0.375. The number of rotatable bonds is 18. The van der Waals surface area contributed by atoms with Gasteiger partial charge in [0.05, 0.1) is 12.7 Å². The van der Waals surface area contributed by atoms with Crippen molar-refractivity contribution in [1.29, 1.82) is 0 Å². The molecule has 0 amide bonds. The van der Waals surface area contributed by atoms with E-state index in [9.17, 15) is 0 Å². The molecule has 0 aromatic heterocycles.